The molecule has 4 rings (SSSR count). The van der Waals surface area contributed by atoms with Crippen molar-refractivity contribution < 1.29 is 8.78 Å². The first kappa shape index (κ1) is 16.9. The molecule has 0 amide bonds. The fraction of sp³-hybridized carbons (Fsp3) is 0. The molecule has 0 spiro atoms. The molecule has 2 aromatic carbocycles. The fourth-order valence-corrected chi connectivity index (χ4v) is 3.23. The Morgan fingerprint density at radius 3 is 2.37 bits per heavy atom. The number of hydrogen-bond acceptors (Lipinski definition) is 4. The summed E-state index contributed by atoms with van der Waals surface area (Å²) in [6, 6.07) is 10.9. The van der Waals surface area contributed by atoms with Gasteiger partial charge in [-0.05, 0) is 24.3 Å². The normalized spacial score (nSPS) is 10.6. The molecule has 0 radical (unpaired) electrons. The lowest BCUT2D eigenvalue weighted by Crippen LogP contribution is -2.34. The van der Waals surface area contributed by atoms with E-state index in [9.17, 15) is 18.4 Å². The van der Waals surface area contributed by atoms with E-state index in [1.807, 2.05) is 6.07 Å². The number of aromatic nitrogens is 3. The van der Waals surface area contributed by atoms with Crippen molar-refractivity contribution in [1.29, 1.82) is 0 Å². The molecule has 0 aliphatic rings. The molecule has 0 atom stereocenters. The highest BCUT2D eigenvalue weighted by Gasteiger charge is 2.19. The van der Waals surface area contributed by atoms with Gasteiger partial charge in [0, 0.05) is 11.1 Å². The van der Waals surface area contributed by atoms with Crippen molar-refractivity contribution in [1.82, 2.24) is 14.5 Å². The van der Waals surface area contributed by atoms with Crippen molar-refractivity contribution in [3.05, 3.63) is 91.6 Å². The average molecular weight is 381 g/mol. The Bertz CT molecular complexity index is 1320. The third-order valence-electron chi connectivity index (χ3n) is 3.76. The van der Waals surface area contributed by atoms with Crippen molar-refractivity contribution in [2.45, 2.75) is 0 Å². The largest absolute Gasteiger partial charge is 0.334 e. The van der Waals surface area contributed by atoms with Gasteiger partial charge in [0.05, 0.1) is 5.51 Å². The van der Waals surface area contributed by atoms with Gasteiger partial charge in [0.1, 0.15) is 10.4 Å². The van der Waals surface area contributed by atoms with Gasteiger partial charge in [-0.15, -0.1) is 11.3 Å². The summed E-state index contributed by atoms with van der Waals surface area (Å²) in [5, 5.41) is 0. The van der Waals surface area contributed by atoms with Crippen LogP contribution >= 0.6 is 11.3 Å². The maximum atomic E-state index is 14.6. The molecule has 4 aromatic rings. The smallest absolute Gasteiger partial charge is 0.290 e. The van der Waals surface area contributed by atoms with Crippen molar-refractivity contribution in [2.24, 2.45) is 0 Å². The molecule has 8 heteroatoms. The van der Waals surface area contributed by atoms with Crippen molar-refractivity contribution in [3.8, 4) is 17.5 Å². The number of H-pyrrole nitrogens is 1. The molecule has 0 aliphatic carbocycles. The lowest BCUT2D eigenvalue weighted by molar-refractivity contribution is 0.562. The van der Waals surface area contributed by atoms with Crippen LogP contribution in [0.15, 0.2) is 57.6 Å². The van der Waals surface area contributed by atoms with Crippen LogP contribution in [0.25, 0.3) is 16.0 Å². The zero-order valence-corrected chi connectivity index (χ0v) is 14.3. The van der Waals surface area contributed by atoms with Crippen molar-refractivity contribution >= 4 is 21.7 Å². The monoisotopic (exact) mass is 381 g/mol. The van der Waals surface area contributed by atoms with Gasteiger partial charge in [-0.3, -0.25) is 9.78 Å². The van der Waals surface area contributed by atoms with Crippen LogP contribution in [0.1, 0.15) is 11.1 Å². The Morgan fingerprint density at radius 1 is 1.00 bits per heavy atom. The number of nitrogens with one attached hydrogen (secondary N) is 1. The quantitative estimate of drug-likeness (QED) is 0.516. The lowest BCUT2D eigenvalue weighted by Gasteiger charge is -2.07. The topological polar surface area (TPSA) is 67.8 Å². The number of aromatic amines is 1. The maximum Gasteiger partial charge on any atom is 0.334 e. The van der Waals surface area contributed by atoms with E-state index in [0.29, 0.717) is 10.1 Å². The summed E-state index contributed by atoms with van der Waals surface area (Å²) < 4.78 is 29.7. The molecule has 1 N–H and O–H groups in total. The Labute approximate surface area is 154 Å². The SMILES string of the molecule is O=c1[nH]c2ncsc2c(=O)n1-c1c(F)cc(C#Cc2ccccc2)cc1F. The Hall–Kier alpha value is -3.57. The van der Waals surface area contributed by atoms with E-state index in [1.165, 1.54) is 5.51 Å². The van der Waals surface area contributed by atoms with Crippen LogP contribution in [0.2, 0.25) is 0 Å². The van der Waals surface area contributed by atoms with E-state index < -0.39 is 28.6 Å². The maximum absolute atomic E-state index is 14.6. The predicted octanol–water partition coefficient (Wildman–Crippen LogP) is 2.81. The highest BCUT2D eigenvalue weighted by atomic mass is 32.1. The third kappa shape index (κ3) is 3.05. The van der Waals surface area contributed by atoms with Crippen LogP contribution in [-0.2, 0) is 0 Å². The molecule has 0 unspecified atom stereocenters. The van der Waals surface area contributed by atoms with Crippen LogP contribution < -0.4 is 11.2 Å². The van der Waals surface area contributed by atoms with Crippen LogP contribution in [0.4, 0.5) is 8.78 Å². The average Bonchev–Trinajstić information content (AvgIpc) is 3.11. The first-order valence-corrected chi connectivity index (χ1v) is 8.57. The first-order valence-electron chi connectivity index (χ1n) is 7.69. The Morgan fingerprint density at radius 2 is 1.67 bits per heavy atom. The van der Waals surface area contributed by atoms with Gasteiger partial charge in [0.2, 0.25) is 0 Å². The molecule has 0 saturated carbocycles. The lowest BCUT2D eigenvalue weighted by atomic mass is 10.1. The Kier molecular flexibility index (Phi) is 4.14. The van der Waals surface area contributed by atoms with Gasteiger partial charge in [-0.1, -0.05) is 30.0 Å². The summed E-state index contributed by atoms with van der Waals surface area (Å²) in [7, 11) is 0. The number of rotatable bonds is 1. The van der Waals surface area contributed by atoms with Crippen LogP contribution in [0, 0.1) is 23.5 Å². The molecule has 27 heavy (non-hydrogen) atoms. The zero-order valence-electron chi connectivity index (χ0n) is 13.5. The van der Waals surface area contributed by atoms with E-state index in [1.54, 1.807) is 24.3 Å². The van der Waals surface area contributed by atoms with Gasteiger partial charge < -0.3 is 0 Å². The van der Waals surface area contributed by atoms with Crippen molar-refractivity contribution in [2.75, 3.05) is 0 Å². The van der Waals surface area contributed by atoms with Gasteiger partial charge in [0.15, 0.2) is 17.3 Å². The molecule has 0 bridgehead atoms. The van der Waals surface area contributed by atoms with Gasteiger partial charge in [-0.25, -0.2) is 23.1 Å². The number of hydrogen-bond donors (Lipinski definition) is 1. The molecule has 132 valence electrons. The third-order valence-corrected chi connectivity index (χ3v) is 4.57. The zero-order chi connectivity index (χ0) is 19.0. The minimum Gasteiger partial charge on any atom is -0.290 e. The summed E-state index contributed by atoms with van der Waals surface area (Å²) in [5.41, 5.74) is -0.344. The number of fused-ring (bicyclic) bond motifs is 1. The molecule has 0 aliphatic heterocycles. The number of thiazole rings is 1. The minimum atomic E-state index is -1.07. The predicted molar refractivity (Wildman–Crippen MR) is 98.2 cm³/mol. The number of benzene rings is 2. The van der Waals surface area contributed by atoms with E-state index in [4.69, 9.17) is 0 Å². The molecule has 2 heterocycles. The molecule has 2 aromatic heterocycles. The second-order valence-corrected chi connectivity index (χ2v) is 6.36. The van der Waals surface area contributed by atoms with Crippen molar-refractivity contribution in [3.63, 3.8) is 0 Å². The highest BCUT2D eigenvalue weighted by Crippen LogP contribution is 2.18. The minimum absolute atomic E-state index is 0.0809. The fourth-order valence-electron chi connectivity index (χ4n) is 2.56. The van der Waals surface area contributed by atoms with Gasteiger partial charge >= 0.3 is 5.69 Å². The summed E-state index contributed by atoms with van der Waals surface area (Å²) >= 11 is 0.970. The standard InChI is InChI=1S/C19H9F2N3O2S/c20-13-8-12(7-6-11-4-2-1-3-5-11)9-14(21)15(13)24-18(25)16-17(22-10-27-16)23-19(24)26/h1-5,8-10H,(H,23,26). The van der Waals surface area contributed by atoms with E-state index in [0.717, 1.165) is 23.5 Å². The summed E-state index contributed by atoms with van der Waals surface area (Å²) in [6.07, 6.45) is 0. The van der Waals surface area contributed by atoms with E-state index >= 15 is 0 Å². The van der Waals surface area contributed by atoms with Crippen LogP contribution in [0.5, 0.6) is 0 Å². The highest BCUT2D eigenvalue weighted by molar-refractivity contribution is 7.16. The Balaban J connectivity index is 1.86. The summed E-state index contributed by atoms with van der Waals surface area (Å²) in [5.74, 6) is 3.32. The molecule has 0 fully saturated rings. The van der Waals surface area contributed by atoms with E-state index in [2.05, 4.69) is 21.8 Å². The number of nitrogens with zero attached hydrogens (tertiary/aromatic N) is 2. The molecular formula is C19H9F2N3O2S. The summed E-state index contributed by atoms with van der Waals surface area (Å²) in [4.78, 5) is 30.8. The second kappa shape index (κ2) is 6.63. The molecule has 0 saturated heterocycles. The summed E-state index contributed by atoms with van der Waals surface area (Å²) in [6.45, 7) is 0. The molecule has 5 nitrogen and oxygen atoms in total. The van der Waals surface area contributed by atoms with Gasteiger partial charge in [-0.2, -0.15) is 0 Å². The second-order valence-electron chi connectivity index (χ2n) is 5.51. The van der Waals surface area contributed by atoms with Crippen LogP contribution in [0.3, 0.4) is 0 Å². The van der Waals surface area contributed by atoms with E-state index in [-0.39, 0.29) is 15.9 Å². The molecular weight excluding hydrogens is 372 g/mol. The van der Waals surface area contributed by atoms with Gasteiger partial charge in [0.25, 0.3) is 5.56 Å². The first-order chi connectivity index (χ1) is 13.0. The number of halogens is 2. The van der Waals surface area contributed by atoms with Crippen LogP contribution in [-0.4, -0.2) is 14.5 Å².